The van der Waals surface area contributed by atoms with Gasteiger partial charge in [-0.3, -0.25) is 15.4 Å². The van der Waals surface area contributed by atoms with E-state index < -0.39 is 14.9 Å². The number of sulfonamides is 1. The number of hydrogen-bond acceptors (Lipinski definition) is 7. The van der Waals surface area contributed by atoms with Crippen LogP contribution >= 0.6 is 0 Å². The van der Waals surface area contributed by atoms with Gasteiger partial charge in [-0.15, -0.1) is 0 Å². The number of hydrogen-bond donors (Lipinski definition) is 3. The van der Waals surface area contributed by atoms with Crippen LogP contribution in [0.15, 0.2) is 28.1 Å². The molecule has 0 spiro atoms. The highest BCUT2D eigenvalue weighted by molar-refractivity contribution is 7.90. The van der Waals surface area contributed by atoms with Crippen molar-refractivity contribution >= 4 is 27.4 Å². The Morgan fingerprint density at radius 1 is 1.23 bits per heavy atom. The molecule has 0 atom stereocenters. The van der Waals surface area contributed by atoms with Gasteiger partial charge in [0.1, 0.15) is 4.90 Å². The van der Waals surface area contributed by atoms with Crippen molar-refractivity contribution in [2.75, 3.05) is 5.32 Å². The van der Waals surface area contributed by atoms with Crippen molar-refractivity contribution in [2.24, 2.45) is 4.99 Å². The van der Waals surface area contributed by atoms with Crippen molar-refractivity contribution < 1.29 is 13.3 Å². The molecule has 30 heavy (non-hydrogen) atoms. The van der Waals surface area contributed by atoms with Crippen LogP contribution in [0, 0.1) is 21.6 Å². The Balaban J connectivity index is 2.40. The standard InChI is InChI=1S/C19H28N6O4S/c1-14(2)22-19(21-13-20)24-30(28,29)18-12-16(25(26)27)10-11-17(18)23-15-8-6-4-3-5-7-9-15/h10-12,14-15,23H,3-9H2,1-2H3,(H2,21,22,24). The van der Waals surface area contributed by atoms with Crippen LogP contribution in [0.25, 0.3) is 0 Å². The lowest BCUT2D eigenvalue weighted by Crippen LogP contribution is -2.39. The molecule has 164 valence electrons. The largest absolute Gasteiger partial charge is 0.381 e. The minimum atomic E-state index is -4.24. The molecule has 2 rings (SSSR count). The molecule has 10 nitrogen and oxygen atoms in total. The van der Waals surface area contributed by atoms with Gasteiger partial charge in [0, 0.05) is 24.2 Å². The molecule has 1 saturated carbocycles. The summed E-state index contributed by atoms with van der Waals surface area (Å²) in [6, 6.07) is 3.53. The molecule has 0 bridgehead atoms. The molecule has 1 aromatic rings. The van der Waals surface area contributed by atoms with E-state index in [1.165, 1.54) is 18.6 Å². The number of nitro benzene ring substituents is 1. The molecule has 0 aliphatic heterocycles. The number of guanidine groups is 1. The van der Waals surface area contributed by atoms with Crippen LogP contribution in [-0.2, 0) is 10.0 Å². The van der Waals surface area contributed by atoms with Gasteiger partial charge in [0.05, 0.1) is 10.6 Å². The third-order valence-electron chi connectivity index (χ3n) is 4.72. The quantitative estimate of drug-likeness (QED) is 0.155. The van der Waals surface area contributed by atoms with E-state index in [1.807, 2.05) is 0 Å². The fourth-order valence-corrected chi connectivity index (χ4v) is 4.52. The molecular formula is C19H28N6O4S. The molecule has 3 N–H and O–H groups in total. The van der Waals surface area contributed by atoms with Crippen LogP contribution in [-0.4, -0.2) is 31.4 Å². The van der Waals surface area contributed by atoms with Crippen molar-refractivity contribution in [1.29, 1.82) is 5.26 Å². The molecule has 1 aliphatic carbocycles. The summed E-state index contributed by atoms with van der Waals surface area (Å²) in [4.78, 5) is 14.4. The van der Waals surface area contributed by atoms with E-state index >= 15 is 0 Å². The number of nitrogens with one attached hydrogen (secondary N) is 3. The van der Waals surface area contributed by atoms with Gasteiger partial charge in [0.25, 0.3) is 15.7 Å². The van der Waals surface area contributed by atoms with E-state index in [2.05, 4.69) is 20.3 Å². The first kappa shape index (κ1) is 23.4. The lowest BCUT2D eigenvalue weighted by molar-refractivity contribution is -0.385. The Morgan fingerprint density at radius 3 is 2.43 bits per heavy atom. The summed E-state index contributed by atoms with van der Waals surface area (Å²) < 4.78 is 28.3. The summed E-state index contributed by atoms with van der Waals surface area (Å²) >= 11 is 0. The Morgan fingerprint density at radius 2 is 1.87 bits per heavy atom. The zero-order chi connectivity index (χ0) is 22.1. The third kappa shape index (κ3) is 6.88. The Kier molecular flexibility index (Phi) is 8.41. The van der Waals surface area contributed by atoms with E-state index in [0.717, 1.165) is 44.6 Å². The SMILES string of the molecule is CC(C)N=C(NC#N)NS(=O)(=O)c1cc([N+](=O)[O-])ccc1NC1CCCCCCC1. The second-order valence-electron chi connectivity index (χ2n) is 7.54. The monoisotopic (exact) mass is 436 g/mol. The Bertz CT molecular complexity index is 915. The van der Waals surface area contributed by atoms with Crippen molar-refractivity contribution in [3.05, 3.63) is 28.3 Å². The predicted molar refractivity (Wildman–Crippen MR) is 114 cm³/mol. The number of aliphatic imine (C=N–C) groups is 1. The number of nitrogens with zero attached hydrogens (tertiary/aromatic N) is 3. The summed E-state index contributed by atoms with van der Waals surface area (Å²) in [6.45, 7) is 3.45. The summed E-state index contributed by atoms with van der Waals surface area (Å²) in [6.07, 6.45) is 9.02. The average molecular weight is 437 g/mol. The van der Waals surface area contributed by atoms with E-state index in [0.29, 0.717) is 5.69 Å². The molecule has 1 fully saturated rings. The first-order valence-corrected chi connectivity index (χ1v) is 11.5. The highest BCUT2D eigenvalue weighted by Crippen LogP contribution is 2.29. The average Bonchev–Trinajstić information content (AvgIpc) is 2.63. The van der Waals surface area contributed by atoms with Gasteiger partial charge >= 0.3 is 0 Å². The summed E-state index contributed by atoms with van der Waals surface area (Å²) in [5.74, 6) is -0.240. The summed E-state index contributed by atoms with van der Waals surface area (Å²) in [5.41, 5.74) is -0.0475. The van der Waals surface area contributed by atoms with Gasteiger partial charge in [-0.1, -0.05) is 32.1 Å². The molecule has 0 amide bonds. The van der Waals surface area contributed by atoms with Gasteiger partial charge in [-0.2, -0.15) is 5.26 Å². The first-order chi connectivity index (χ1) is 14.2. The highest BCUT2D eigenvalue weighted by Gasteiger charge is 2.25. The van der Waals surface area contributed by atoms with Crippen LogP contribution in [0.5, 0.6) is 0 Å². The number of non-ortho nitro benzene ring substituents is 1. The maximum Gasteiger partial charge on any atom is 0.270 e. The normalized spacial score (nSPS) is 16.3. The third-order valence-corrected chi connectivity index (χ3v) is 6.10. The number of nitriles is 1. The van der Waals surface area contributed by atoms with E-state index in [-0.39, 0.29) is 28.6 Å². The molecule has 0 aromatic heterocycles. The van der Waals surface area contributed by atoms with E-state index in [1.54, 1.807) is 20.0 Å². The van der Waals surface area contributed by atoms with Gasteiger partial charge in [0.2, 0.25) is 5.96 Å². The van der Waals surface area contributed by atoms with Crippen molar-refractivity contribution in [2.45, 2.75) is 75.8 Å². The topological polar surface area (TPSA) is 150 Å². The van der Waals surface area contributed by atoms with Crippen LogP contribution < -0.4 is 15.4 Å². The highest BCUT2D eigenvalue weighted by atomic mass is 32.2. The Hall–Kier alpha value is -2.87. The summed E-state index contributed by atoms with van der Waals surface area (Å²) in [5, 5.41) is 25.6. The zero-order valence-corrected chi connectivity index (χ0v) is 18.0. The predicted octanol–water partition coefficient (Wildman–Crippen LogP) is 3.23. The van der Waals surface area contributed by atoms with Crippen LogP contribution in [0.4, 0.5) is 11.4 Å². The molecule has 11 heteroatoms. The number of anilines is 1. The number of nitro groups is 1. The molecule has 0 saturated heterocycles. The molecule has 1 aromatic carbocycles. The van der Waals surface area contributed by atoms with E-state index in [9.17, 15) is 18.5 Å². The van der Waals surface area contributed by atoms with Crippen molar-refractivity contribution in [3.63, 3.8) is 0 Å². The molecule has 1 aliphatic rings. The zero-order valence-electron chi connectivity index (χ0n) is 17.2. The van der Waals surface area contributed by atoms with E-state index in [4.69, 9.17) is 5.26 Å². The maximum atomic E-state index is 13.1. The lowest BCUT2D eigenvalue weighted by atomic mass is 9.96. The fourth-order valence-electron chi connectivity index (χ4n) is 3.36. The van der Waals surface area contributed by atoms with Gasteiger partial charge in [-0.25, -0.2) is 18.1 Å². The molecule has 0 heterocycles. The molecule has 0 radical (unpaired) electrons. The second-order valence-corrected chi connectivity index (χ2v) is 9.19. The maximum absolute atomic E-state index is 13.1. The minimum Gasteiger partial charge on any atom is -0.381 e. The second kappa shape index (κ2) is 10.8. The number of rotatable bonds is 6. The summed E-state index contributed by atoms with van der Waals surface area (Å²) in [7, 11) is -4.24. The lowest BCUT2D eigenvalue weighted by Gasteiger charge is -2.23. The molecule has 0 unspecified atom stereocenters. The fraction of sp³-hybridized carbons (Fsp3) is 0.579. The molecular weight excluding hydrogens is 408 g/mol. The minimum absolute atomic E-state index is 0.0849. The number of benzene rings is 1. The van der Waals surface area contributed by atoms with Gasteiger partial charge < -0.3 is 5.32 Å². The first-order valence-electron chi connectivity index (χ1n) is 10.0. The Labute approximate surface area is 177 Å². The smallest absolute Gasteiger partial charge is 0.270 e. The van der Waals surface area contributed by atoms with Crippen molar-refractivity contribution in [3.8, 4) is 6.19 Å². The van der Waals surface area contributed by atoms with Crippen LogP contribution in [0.3, 0.4) is 0 Å². The van der Waals surface area contributed by atoms with Gasteiger partial charge in [-0.05, 0) is 32.8 Å². The van der Waals surface area contributed by atoms with Crippen molar-refractivity contribution in [1.82, 2.24) is 10.0 Å². The van der Waals surface area contributed by atoms with Crippen LogP contribution in [0.2, 0.25) is 0 Å². The van der Waals surface area contributed by atoms with Crippen LogP contribution in [0.1, 0.15) is 58.8 Å². The van der Waals surface area contributed by atoms with Gasteiger partial charge in [0.15, 0.2) is 6.19 Å².